The van der Waals surface area contributed by atoms with Gasteiger partial charge in [-0.05, 0) is 24.8 Å². The zero-order valence-electron chi connectivity index (χ0n) is 14.5. The van der Waals surface area contributed by atoms with Gasteiger partial charge in [0.1, 0.15) is 5.69 Å². The van der Waals surface area contributed by atoms with E-state index >= 15 is 0 Å². The highest BCUT2D eigenvalue weighted by molar-refractivity contribution is 5.95. The summed E-state index contributed by atoms with van der Waals surface area (Å²) in [6, 6.07) is 13.8. The van der Waals surface area contributed by atoms with E-state index in [0.717, 1.165) is 37.3 Å². The number of hydrogen-bond acceptors (Lipinski definition) is 1. The van der Waals surface area contributed by atoms with Gasteiger partial charge in [-0.1, -0.05) is 61.7 Å². The number of fused-ring (bicyclic) bond motifs is 1. The summed E-state index contributed by atoms with van der Waals surface area (Å²) < 4.78 is 42.5. The Labute approximate surface area is 150 Å². The molecular formula is C21H21F3N2. The normalized spacial score (nSPS) is 16.3. The Bertz CT molecular complexity index is 891. The highest BCUT2D eigenvalue weighted by Gasteiger charge is 2.35. The Morgan fingerprint density at radius 3 is 2.35 bits per heavy atom. The zero-order valence-corrected chi connectivity index (χ0v) is 14.5. The molecule has 0 unspecified atom stereocenters. The van der Waals surface area contributed by atoms with Crippen LogP contribution >= 0.6 is 0 Å². The van der Waals surface area contributed by atoms with E-state index in [2.05, 4.69) is 5.10 Å². The van der Waals surface area contributed by atoms with E-state index in [1.54, 1.807) is 10.7 Å². The number of para-hydroxylation sites is 1. The van der Waals surface area contributed by atoms with Crippen LogP contribution in [0.3, 0.4) is 0 Å². The quantitative estimate of drug-likeness (QED) is 0.537. The van der Waals surface area contributed by atoms with E-state index in [1.165, 1.54) is 12.5 Å². The van der Waals surface area contributed by atoms with E-state index in [4.69, 9.17) is 0 Å². The number of halogens is 3. The third kappa shape index (κ3) is 3.22. The molecule has 1 aromatic heterocycles. The summed E-state index contributed by atoms with van der Waals surface area (Å²) in [6.45, 7) is 0.552. The minimum Gasteiger partial charge on any atom is -0.263 e. The molecule has 0 aliphatic heterocycles. The average molecular weight is 358 g/mol. The number of rotatable bonds is 3. The van der Waals surface area contributed by atoms with Crippen LogP contribution in [0.25, 0.3) is 22.2 Å². The first-order valence-electron chi connectivity index (χ1n) is 9.16. The summed E-state index contributed by atoms with van der Waals surface area (Å²) >= 11 is 0. The van der Waals surface area contributed by atoms with Crippen molar-refractivity contribution in [2.24, 2.45) is 5.92 Å². The second-order valence-corrected chi connectivity index (χ2v) is 7.10. The van der Waals surface area contributed by atoms with Gasteiger partial charge in [0.25, 0.3) is 0 Å². The first kappa shape index (κ1) is 17.1. The van der Waals surface area contributed by atoms with Crippen LogP contribution < -0.4 is 0 Å². The molecule has 0 saturated heterocycles. The lowest BCUT2D eigenvalue weighted by atomic mass is 9.89. The number of aromatic nitrogens is 2. The maximum absolute atomic E-state index is 13.6. The Balaban J connectivity index is 1.88. The molecule has 4 rings (SSSR count). The van der Waals surface area contributed by atoms with E-state index in [9.17, 15) is 13.2 Å². The van der Waals surface area contributed by atoms with E-state index < -0.39 is 11.7 Å². The van der Waals surface area contributed by atoms with E-state index in [-0.39, 0.29) is 5.52 Å². The molecule has 26 heavy (non-hydrogen) atoms. The fourth-order valence-corrected chi connectivity index (χ4v) is 4.02. The molecule has 0 atom stereocenters. The van der Waals surface area contributed by atoms with Crippen LogP contribution in [0.5, 0.6) is 0 Å². The van der Waals surface area contributed by atoms with Gasteiger partial charge in [-0.3, -0.25) is 4.68 Å². The van der Waals surface area contributed by atoms with Crippen molar-refractivity contribution in [1.29, 1.82) is 0 Å². The molecule has 0 radical (unpaired) electrons. The van der Waals surface area contributed by atoms with Crippen molar-refractivity contribution < 1.29 is 13.2 Å². The molecule has 1 heterocycles. The lowest BCUT2D eigenvalue weighted by Crippen LogP contribution is -2.16. The van der Waals surface area contributed by atoms with Gasteiger partial charge in [-0.25, -0.2) is 0 Å². The third-order valence-corrected chi connectivity index (χ3v) is 5.28. The second kappa shape index (κ2) is 6.78. The lowest BCUT2D eigenvalue weighted by molar-refractivity contribution is -0.136. The van der Waals surface area contributed by atoms with Gasteiger partial charge < -0.3 is 0 Å². The van der Waals surface area contributed by atoms with Gasteiger partial charge in [-0.2, -0.15) is 18.3 Å². The second-order valence-electron chi connectivity index (χ2n) is 7.10. The van der Waals surface area contributed by atoms with Crippen LogP contribution in [-0.4, -0.2) is 9.78 Å². The minimum absolute atomic E-state index is 0.212. The summed E-state index contributed by atoms with van der Waals surface area (Å²) in [5, 5.41) is 5.22. The molecule has 2 aromatic carbocycles. The lowest BCUT2D eigenvalue weighted by Gasteiger charge is -2.22. The first-order chi connectivity index (χ1) is 12.5. The standard InChI is InChI=1S/C21H21F3N2/c22-21(23,24)18-13-7-12-17-19(16-10-5-2-6-11-16)25-26(20(17)18)14-15-8-3-1-4-9-15/h2,5-7,10-13,15H,1,3-4,8-9,14H2. The van der Waals surface area contributed by atoms with Crippen molar-refractivity contribution in [1.82, 2.24) is 9.78 Å². The van der Waals surface area contributed by atoms with E-state index in [1.807, 2.05) is 30.3 Å². The zero-order chi connectivity index (χ0) is 18.1. The van der Waals surface area contributed by atoms with Gasteiger partial charge in [0, 0.05) is 17.5 Å². The molecule has 5 heteroatoms. The molecule has 136 valence electrons. The van der Waals surface area contributed by atoms with Crippen LogP contribution in [-0.2, 0) is 12.7 Å². The largest absolute Gasteiger partial charge is 0.418 e. The Morgan fingerprint density at radius 2 is 1.65 bits per heavy atom. The maximum Gasteiger partial charge on any atom is 0.418 e. The molecule has 1 aliphatic carbocycles. The third-order valence-electron chi connectivity index (χ3n) is 5.28. The number of nitrogens with zero attached hydrogens (tertiary/aromatic N) is 2. The summed E-state index contributed by atoms with van der Waals surface area (Å²) in [5.74, 6) is 0.400. The highest BCUT2D eigenvalue weighted by Crippen LogP contribution is 2.39. The highest BCUT2D eigenvalue weighted by atomic mass is 19.4. The molecule has 1 saturated carbocycles. The molecule has 2 nitrogen and oxygen atoms in total. The van der Waals surface area contributed by atoms with Crippen LogP contribution in [0, 0.1) is 5.92 Å². The van der Waals surface area contributed by atoms with Crippen LogP contribution in [0.1, 0.15) is 37.7 Å². The molecule has 0 spiro atoms. The maximum atomic E-state index is 13.6. The SMILES string of the molecule is FC(F)(F)c1cccc2c(-c3ccccc3)nn(CC3CCCCC3)c12. The van der Waals surface area contributed by atoms with Crippen molar-refractivity contribution in [2.75, 3.05) is 0 Å². The molecule has 0 bridgehead atoms. The van der Waals surface area contributed by atoms with Crippen molar-refractivity contribution in [3.8, 4) is 11.3 Å². The molecular weight excluding hydrogens is 337 g/mol. The molecule has 1 fully saturated rings. The van der Waals surface area contributed by atoms with Crippen molar-refractivity contribution >= 4 is 10.9 Å². The summed E-state index contributed by atoms with van der Waals surface area (Å²) in [4.78, 5) is 0. The topological polar surface area (TPSA) is 17.8 Å². The molecule has 0 amide bonds. The van der Waals surface area contributed by atoms with Crippen molar-refractivity contribution in [2.45, 2.75) is 44.8 Å². The first-order valence-corrected chi connectivity index (χ1v) is 9.16. The van der Waals surface area contributed by atoms with Crippen LogP contribution in [0.2, 0.25) is 0 Å². The summed E-state index contributed by atoms with van der Waals surface area (Å²) in [6.07, 6.45) is 1.27. The predicted molar refractivity (Wildman–Crippen MR) is 96.7 cm³/mol. The summed E-state index contributed by atoms with van der Waals surface area (Å²) in [5.41, 5.74) is 1.09. The smallest absolute Gasteiger partial charge is 0.263 e. The molecule has 3 aromatic rings. The predicted octanol–water partition coefficient (Wildman–Crippen LogP) is 6.30. The number of alkyl halides is 3. The van der Waals surface area contributed by atoms with Gasteiger partial charge in [0.05, 0.1) is 11.1 Å². The fourth-order valence-electron chi connectivity index (χ4n) is 4.02. The molecule has 1 aliphatic rings. The van der Waals surface area contributed by atoms with Gasteiger partial charge in [0.2, 0.25) is 0 Å². The minimum atomic E-state index is -4.39. The Morgan fingerprint density at radius 1 is 0.923 bits per heavy atom. The summed E-state index contributed by atoms with van der Waals surface area (Å²) in [7, 11) is 0. The van der Waals surface area contributed by atoms with Gasteiger partial charge >= 0.3 is 6.18 Å². The average Bonchev–Trinajstić information content (AvgIpc) is 3.01. The van der Waals surface area contributed by atoms with Crippen LogP contribution in [0.4, 0.5) is 13.2 Å². The Kier molecular flexibility index (Phi) is 4.47. The monoisotopic (exact) mass is 358 g/mol. The molecule has 0 N–H and O–H groups in total. The van der Waals surface area contributed by atoms with Gasteiger partial charge in [-0.15, -0.1) is 0 Å². The Hall–Kier alpha value is -2.30. The van der Waals surface area contributed by atoms with Crippen molar-refractivity contribution in [3.63, 3.8) is 0 Å². The van der Waals surface area contributed by atoms with Crippen molar-refractivity contribution in [3.05, 3.63) is 54.1 Å². The number of benzene rings is 2. The number of hydrogen-bond donors (Lipinski definition) is 0. The van der Waals surface area contributed by atoms with E-state index in [0.29, 0.717) is 23.5 Å². The van der Waals surface area contributed by atoms with Crippen LogP contribution in [0.15, 0.2) is 48.5 Å². The fraction of sp³-hybridized carbons (Fsp3) is 0.381. The van der Waals surface area contributed by atoms with Gasteiger partial charge in [0.15, 0.2) is 0 Å².